The third-order valence-corrected chi connectivity index (χ3v) is 5.37. The van der Waals surface area contributed by atoms with Crippen LogP contribution in [-0.4, -0.2) is 11.5 Å². The molecule has 0 aliphatic heterocycles. The Hall–Kier alpha value is -0.300. The Morgan fingerprint density at radius 2 is 2.29 bits per heavy atom. The van der Waals surface area contributed by atoms with Gasteiger partial charge in [-0.3, -0.25) is 0 Å². The van der Waals surface area contributed by atoms with Gasteiger partial charge in [0.1, 0.15) is 5.76 Å². The number of aromatic nitrogens is 1. The number of aryl methyl sites for hydroxylation is 2. The molecule has 2 aromatic rings. The molecule has 0 spiro atoms. The van der Waals surface area contributed by atoms with Crippen LogP contribution in [0.5, 0.6) is 0 Å². The zero-order chi connectivity index (χ0) is 12.4. The number of nitrogens with two attached hydrogens (primary N) is 1. The second kappa shape index (κ2) is 5.56. The minimum absolute atomic E-state index is 0.198. The smallest absolute Gasteiger partial charge is 0.256 e. The molecule has 0 fully saturated rings. The second-order valence-electron chi connectivity index (χ2n) is 3.61. The summed E-state index contributed by atoms with van der Waals surface area (Å²) in [4.78, 5) is 5.60. The molecule has 6 heteroatoms. The van der Waals surface area contributed by atoms with Gasteiger partial charge in [0.05, 0.1) is 14.7 Å². The number of thiophene rings is 1. The SMILES string of the molecule is Cc1nc(SC(CN)c2ccc(Br)s2)oc1C. The van der Waals surface area contributed by atoms with Crippen LogP contribution in [0.2, 0.25) is 0 Å². The molecule has 0 radical (unpaired) electrons. The van der Waals surface area contributed by atoms with Gasteiger partial charge >= 0.3 is 0 Å². The third kappa shape index (κ3) is 3.13. The lowest BCUT2D eigenvalue weighted by molar-refractivity contribution is 0.430. The van der Waals surface area contributed by atoms with Crippen molar-refractivity contribution in [1.29, 1.82) is 0 Å². The number of halogens is 1. The van der Waals surface area contributed by atoms with Gasteiger partial charge in [-0.2, -0.15) is 0 Å². The summed E-state index contributed by atoms with van der Waals surface area (Å²) in [6.07, 6.45) is 0. The Bertz CT molecular complexity index is 490. The van der Waals surface area contributed by atoms with E-state index in [2.05, 4.69) is 27.0 Å². The molecule has 1 unspecified atom stereocenters. The van der Waals surface area contributed by atoms with Crippen LogP contribution in [0.3, 0.4) is 0 Å². The average molecular weight is 333 g/mol. The fraction of sp³-hybridized carbons (Fsp3) is 0.364. The van der Waals surface area contributed by atoms with Gasteiger partial charge < -0.3 is 10.2 Å². The van der Waals surface area contributed by atoms with Crippen LogP contribution in [-0.2, 0) is 0 Å². The first-order valence-corrected chi connectivity index (χ1v) is 7.65. The molecule has 0 amide bonds. The lowest BCUT2D eigenvalue weighted by Crippen LogP contribution is -2.07. The van der Waals surface area contributed by atoms with Gasteiger partial charge in [-0.25, -0.2) is 4.98 Å². The number of hydrogen-bond donors (Lipinski definition) is 1. The summed E-state index contributed by atoms with van der Waals surface area (Å²) < 4.78 is 6.68. The van der Waals surface area contributed by atoms with E-state index in [1.165, 1.54) is 4.88 Å². The summed E-state index contributed by atoms with van der Waals surface area (Å²) in [6.45, 7) is 4.44. The highest BCUT2D eigenvalue weighted by atomic mass is 79.9. The number of thioether (sulfide) groups is 1. The van der Waals surface area contributed by atoms with Crippen LogP contribution in [0, 0.1) is 13.8 Å². The molecule has 3 nitrogen and oxygen atoms in total. The van der Waals surface area contributed by atoms with Crippen molar-refractivity contribution < 1.29 is 4.42 Å². The number of nitrogens with zero attached hydrogens (tertiary/aromatic N) is 1. The quantitative estimate of drug-likeness (QED) is 0.862. The van der Waals surface area contributed by atoms with E-state index in [-0.39, 0.29) is 5.25 Å². The molecule has 0 bridgehead atoms. The largest absolute Gasteiger partial charge is 0.437 e. The molecule has 2 heterocycles. The van der Waals surface area contributed by atoms with Crippen molar-refractivity contribution in [1.82, 2.24) is 4.98 Å². The zero-order valence-electron chi connectivity index (χ0n) is 9.57. The topological polar surface area (TPSA) is 52.0 Å². The molecule has 0 saturated carbocycles. The van der Waals surface area contributed by atoms with E-state index < -0.39 is 0 Å². The van der Waals surface area contributed by atoms with E-state index in [0.29, 0.717) is 11.8 Å². The molecule has 0 saturated heterocycles. The Morgan fingerprint density at radius 3 is 2.76 bits per heavy atom. The summed E-state index contributed by atoms with van der Waals surface area (Å²) in [6, 6.07) is 4.12. The first-order valence-electron chi connectivity index (χ1n) is 5.16. The molecule has 0 aliphatic rings. The first kappa shape index (κ1) is 13.1. The molecule has 1 atom stereocenters. The number of oxazole rings is 1. The van der Waals surface area contributed by atoms with Crippen molar-refractivity contribution in [2.45, 2.75) is 24.3 Å². The lowest BCUT2D eigenvalue weighted by Gasteiger charge is -2.09. The van der Waals surface area contributed by atoms with E-state index in [9.17, 15) is 0 Å². The summed E-state index contributed by atoms with van der Waals surface area (Å²) in [5.41, 5.74) is 6.75. The summed E-state index contributed by atoms with van der Waals surface area (Å²) in [5.74, 6) is 0.871. The van der Waals surface area contributed by atoms with Crippen molar-refractivity contribution in [2.75, 3.05) is 6.54 Å². The minimum atomic E-state index is 0.198. The molecule has 17 heavy (non-hydrogen) atoms. The van der Waals surface area contributed by atoms with Crippen LogP contribution >= 0.6 is 39.0 Å². The number of hydrogen-bond acceptors (Lipinski definition) is 5. The molecule has 92 valence electrons. The maximum absolute atomic E-state index is 5.81. The van der Waals surface area contributed by atoms with Crippen LogP contribution in [0.1, 0.15) is 21.6 Å². The predicted molar refractivity (Wildman–Crippen MR) is 75.6 cm³/mol. The van der Waals surface area contributed by atoms with Gasteiger partial charge in [-0.15, -0.1) is 11.3 Å². The maximum atomic E-state index is 5.81. The van der Waals surface area contributed by atoms with Gasteiger partial charge in [0, 0.05) is 11.4 Å². The molecule has 2 aromatic heterocycles. The fourth-order valence-electron chi connectivity index (χ4n) is 1.34. The highest BCUT2D eigenvalue weighted by Crippen LogP contribution is 2.38. The van der Waals surface area contributed by atoms with Crippen molar-refractivity contribution in [3.8, 4) is 0 Å². The van der Waals surface area contributed by atoms with E-state index in [4.69, 9.17) is 10.2 Å². The molecule has 0 aliphatic carbocycles. The van der Waals surface area contributed by atoms with Gasteiger partial charge in [0.2, 0.25) is 0 Å². The van der Waals surface area contributed by atoms with Crippen LogP contribution in [0.4, 0.5) is 0 Å². The van der Waals surface area contributed by atoms with Crippen LogP contribution in [0.25, 0.3) is 0 Å². The summed E-state index contributed by atoms with van der Waals surface area (Å²) in [7, 11) is 0. The first-order chi connectivity index (χ1) is 8.10. The second-order valence-corrected chi connectivity index (χ2v) is 7.25. The van der Waals surface area contributed by atoms with E-state index in [1.807, 2.05) is 19.9 Å². The van der Waals surface area contributed by atoms with Gasteiger partial charge in [-0.1, -0.05) is 11.8 Å². The summed E-state index contributed by atoms with van der Waals surface area (Å²) >= 11 is 6.73. The lowest BCUT2D eigenvalue weighted by atomic mass is 10.3. The van der Waals surface area contributed by atoms with Crippen molar-refractivity contribution in [2.24, 2.45) is 5.73 Å². The van der Waals surface area contributed by atoms with Crippen molar-refractivity contribution >= 4 is 39.0 Å². The fourth-order valence-corrected chi connectivity index (χ4v) is 3.94. The van der Waals surface area contributed by atoms with Crippen molar-refractivity contribution in [3.63, 3.8) is 0 Å². The Morgan fingerprint density at radius 1 is 1.53 bits per heavy atom. The van der Waals surface area contributed by atoms with Crippen LogP contribution < -0.4 is 5.73 Å². The van der Waals surface area contributed by atoms with Gasteiger partial charge in [0.25, 0.3) is 5.22 Å². The molecular formula is C11H13BrN2OS2. The minimum Gasteiger partial charge on any atom is -0.437 e. The predicted octanol–water partition coefficient (Wildman–Crippen LogP) is 3.91. The van der Waals surface area contributed by atoms with Crippen molar-refractivity contribution in [3.05, 3.63) is 32.3 Å². The van der Waals surface area contributed by atoms with E-state index in [1.54, 1.807) is 23.1 Å². The third-order valence-electron chi connectivity index (χ3n) is 2.38. The number of rotatable bonds is 4. The Kier molecular flexibility index (Phi) is 4.30. The molecular weight excluding hydrogens is 320 g/mol. The Labute approximate surface area is 117 Å². The highest BCUT2D eigenvalue weighted by molar-refractivity contribution is 9.11. The average Bonchev–Trinajstić information content (AvgIpc) is 2.83. The summed E-state index contributed by atoms with van der Waals surface area (Å²) in [5, 5.41) is 0.892. The normalized spacial score (nSPS) is 12.9. The highest BCUT2D eigenvalue weighted by Gasteiger charge is 2.17. The van der Waals surface area contributed by atoms with Gasteiger partial charge in [-0.05, 0) is 41.9 Å². The van der Waals surface area contributed by atoms with Gasteiger partial charge in [0.15, 0.2) is 0 Å². The van der Waals surface area contributed by atoms with Crippen LogP contribution in [0.15, 0.2) is 25.6 Å². The molecule has 0 aromatic carbocycles. The molecule has 2 rings (SSSR count). The van der Waals surface area contributed by atoms with E-state index in [0.717, 1.165) is 15.2 Å². The maximum Gasteiger partial charge on any atom is 0.256 e. The van der Waals surface area contributed by atoms with E-state index >= 15 is 0 Å². The monoisotopic (exact) mass is 332 g/mol. The zero-order valence-corrected chi connectivity index (χ0v) is 12.8. The Balaban J connectivity index is 2.15. The molecule has 2 N–H and O–H groups in total. The standard InChI is InChI=1S/C11H13BrN2OS2/c1-6-7(2)15-11(14-6)17-9(5-13)8-3-4-10(12)16-8/h3-4,9H,5,13H2,1-2H3.